The van der Waals surface area contributed by atoms with Crippen LogP contribution in [0.1, 0.15) is 19.3 Å². The normalized spacial score (nSPS) is 28.8. The zero-order valence-corrected chi connectivity index (χ0v) is 6.88. The van der Waals surface area contributed by atoms with Crippen molar-refractivity contribution < 1.29 is 4.74 Å². The van der Waals surface area contributed by atoms with Gasteiger partial charge in [-0.1, -0.05) is 0 Å². The van der Waals surface area contributed by atoms with E-state index in [1.165, 1.54) is 19.3 Å². The van der Waals surface area contributed by atoms with Crippen LogP contribution in [0.4, 0.5) is 0 Å². The highest BCUT2D eigenvalue weighted by atomic mass is 35.5. The summed E-state index contributed by atoms with van der Waals surface area (Å²) < 4.78 is 5.52. The zero-order chi connectivity index (χ0) is 6.16. The molecule has 2 aliphatic heterocycles. The molecule has 0 saturated carbocycles. The van der Waals surface area contributed by atoms with Gasteiger partial charge in [-0.3, -0.25) is 0 Å². The molecule has 2 fully saturated rings. The molecule has 0 aliphatic carbocycles. The van der Waals surface area contributed by atoms with E-state index in [1.807, 2.05) is 0 Å². The minimum atomic E-state index is 0. The van der Waals surface area contributed by atoms with Gasteiger partial charge in [-0.2, -0.15) is 0 Å². The van der Waals surface area contributed by atoms with Crippen LogP contribution in [0.2, 0.25) is 0 Å². The molecule has 1 N–H and O–H groups in total. The Balaban J connectivity index is 0.000000500. The average molecular weight is 164 g/mol. The van der Waals surface area contributed by atoms with E-state index < -0.39 is 0 Å². The maximum Gasteiger partial charge on any atom is 0.0728 e. The van der Waals surface area contributed by atoms with E-state index in [4.69, 9.17) is 4.74 Å². The predicted octanol–water partition coefficient (Wildman–Crippen LogP) is 0.951. The van der Waals surface area contributed by atoms with Crippen LogP contribution in [-0.2, 0) is 4.74 Å². The third kappa shape index (κ3) is 1.29. The second-order valence-electron chi connectivity index (χ2n) is 3.03. The molecule has 60 valence electrons. The first-order valence-corrected chi connectivity index (χ1v) is 3.76. The van der Waals surface area contributed by atoms with Crippen LogP contribution >= 0.6 is 12.4 Å². The third-order valence-electron chi connectivity index (χ3n) is 2.48. The molecule has 0 aromatic heterocycles. The maximum absolute atomic E-state index is 5.52. The Labute approximate surface area is 67.7 Å². The standard InChI is InChI=1S/C7H13NO.ClH/c1-4-8-5-2-7(1)3-6-9-7;/h8H,1-6H2;1H. The Morgan fingerprint density at radius 3 is 2.00 bits per heavy atom. The molecule has 2 heterocycles. The van der Waals surface area contributed by atoms with Crippen molar-refractivity contribution in [3.05, 3.63) is 0 Å². The fourth-order valence-electron chi connectivity index (χ4n) is 1.67. The summed E-state index contributed by atoms with van der Waals surface area (Å²) in [4.78, 5) is 0. The molecule has 10 heavy (non-hydrogen) atoms. The molecule has 1 spiro atoms. The van der Waals surface area contributed by atoms with Crippen molar-refractivity contribution in [2.24, 2.45) is 0 Å². The summed E-state index contributed by atoms with van der Waals surface area (Å²) in [5, 5.41) is 3.33. The summed E-state index contributed by atoms with van der Waals surface area (Å²) in [6, 6.07) is 0. The lowest BCUT2D eigenvalue weighted by Gasteiger charge is -2.44. The van der Waals surface area contributed by atoms with Gasteiger partial charge in [0, 0.05) is 0 Å². The van der Waals surface area contributed by atoms with Gasteiger partial charge >= 0.3 is 0 Å². The molecule has 2 rings (SSSR count). The smallest absolute Gasteiger partial charge is 0.0728 e. The van der Waals surface area contributed by atoms with E-state index in [2.05, 4.69) is 5.32 Å². The van der Waals surface area contributed by atoms with Gasteiger partial charge < -0.3 is 10.1 Å². The number of rotatable bonds is 0. The van der Waals surface area contributed by atoms with Crippen molar-refractivity contribution in [3.8, 4) is 0 Å². The topological polar surface area (TPSA) is 21.3 Å². The first kappa shape index (κ1) is 8.31. The minimum absolute atomic E-state index is 0. The van der Waals surface area contributed by atoms with E-state index in [0.29, 0.717) is 5.60 Å². The van der Waals surface area contributed by atoms with Gasteiger partial charge in [-0.15, -0.1) is 12.4 Å². The van der Waals surface area contributed by atoms with Gasteiger partial charge in [0.25, 0.3) is 0 Å². The van der Waals surface area contributed by atoms with Gasteiger partial charge in [-0.05, 0) is 32.4 Å². The first-order chi connectivity index (χ1) is 4.41. The Hall–Kier alpha value is 0.210. The fourth-order valence-corrected chi connectivity index (χ4v) is 1.67. The summed E-state index contributed by atoms with van der Waals surface area (Å²) >= 11 is 0. The van der Waals surface area contributed by atoms with Gasteiger partial charge in [0.1, 0.15) is 0 Å². The second-order valence-corrected chi connectivity index (χ2v) is 3.03. The molecule has 2 aliphatic rings. The van der Waals surface area contributed by atoms with E-state index in [1.54, 1.807) is 0 Å². The molecule has 0 amide bonds. The highest BCUT2D eigenvalue weighted by Crippen LogP contribution is 2.34. The van der Waals surface area contributed by atoms with Crippen molar-refractivity contribution >= 4 is 12.4 Å². The lowest BCUT2D eigenvalue weighted by Crippen LogP contribution is -2.51. The molecular formula is C7H14ClNO. The number of halogens is 1. The molecular weight excluding hydrogens is 150 g/mol. The van der Waals surface area contributed by atoms with Crippen LogP contribution < -0.4 is 5.32 Å². The molecule has 0 radical (unpaired) electrons. The predicted molar refractivity (Wildman–Crippen MR) is 42.7 cm³/mol. The fraction of sp³-hybridized carbons (Fsp3) is 1.00. The first-order valence-electron chi connectivity index (χ1n) is 3.76. The number of hydrogen-bond donors (Lipinski definition) is 1. The van der Waals surface area contributed by atoms with E-state index in [0.717, 1.165) is 19.7 Å². The third-order valence-corrected chi connectivity index (χ3v) is 2.48. The van der Waals surface area contributed by atoms with Crippen LogP contribution in [0.3, 0.4) is 0 Å². The number of hydrogen-bond acceptors (Lipinski definition) is 2. The van der Waals surface area contributed by atoms with Crippen molar-refractivity contribution in [1.29, 1.82) is 0 Å². The largest absolute Gasteiger partial charge is 0.375 e. The Morgan fingerprint density at radius 1 is 1.10 bits per heavy atom. The lowest BCUT2D eigenvalue weighted by molar-refractivity contribution is -0.160. The molecule has 2 nitrogen and oxygen atoms in total. The molecule has 2 saturated heterocycles. The number of ether oxygens (including phenoxy) is 1. The molecule has 0 aromatic rings. The highest BCUT2D eigenvalue weighted by Gasteiger charge is 2.38. The summed E-state index contributed by atoms with van der Waals surface area (Å²) in [6.07, 6.45) is 3.76. The highest BCUT2D eigenvalue weighted by molar-refractivity contribution is 5.85. The van der Waals surface area contributed by atoms with Crippen LogP contribution in [0.25, 0.3) is 0 Å². The van der Waals surface area contributed by atoms with Crippen molar-refractivity contribution in [2.45, 2.75) is 24.9 Å². The van der Waals surface area contributed by atoms with Gasteiger partial charge in [0.15, 0.2) is 0 Å². The van der Waals surface area contributed by atoms with Crippen molar-refractivity contribution in [3.63, 3.8) is 0 Å². The molecule has 0 bridgehead atoms. The Morgan fingerprint density at radius 2 is 1.70 bits per heavy atom. The van der Waals surface area contributed by atoms with Gasteiger partial charge in [0.2, 0.25) is 0 Å². The quantitative estimate of drug-likeness (QED) is 0.574. The molecule has 0 atom stereocenters. The van der Waals surface area contributed by atoms with Gasteiger partial charge in [0.05, 0.1) is 12.2 Å². The average Bonchev–Trinajstić information content (AvgIpc) is 1.87. The van der Waals surface area contributed by atoms with Crippen molar-refractivity contribution in [1.82, 2.24) is 5.32 Å². The maximum atomic E-state index is 5.52. The van der Waals surface area contributed by atoms with Crippen LogP contribution in [0.5, 0.6) is 0 Å². The van der Waals surface area contributed by atoms with Crippen LogP contribution in [-0.4, -0.2) is 25.3 Å². The van der Waals surface area contributed by atoms with E-state index in [9.17, 15) is 0 Å². The Kier molecular flexibility index (Phi) is 2.55. The van der Waals surface area contributed by atoms with Crippen molar-refractivity contribution in [2.75, 3.05) is 19.7 Å². The second kappa shape index (κ2) is 3.07. The number of nitrogens with one attached hydrogen (secondary N) is 1. The Bertz CT molecular complexity index is 106. The minimum Gasteiger partial charge on any atom is -0.375 e. The summed E-state index contributed by atoms with van der Waals surface area (Å²) in [6.45, 7) is 3.31. The lowest BCUT2D eigenvalue weighted by atomic mass is 9.85. The zero-order valence-electron chi connectivity index (χ0n) is 6.06. The number of piperidine rings is 1. The SMILES string of the molecule is C1CC2(CCN1)CCO2.Cl. The van der Waals surface area contributed by atoms with E-state index >= 15 is 0 Å². The summed E-state index contributed by atoms with van der Waals surface area (Å²) in [5.41, 5.74) is 0.339. The summed E-state index contributed by atoms with van der Waals surface area (Å²) in [5.74, 6) is 0. The molecule has 0 unspecified atom stereocenters. The van der Waals surface area contributed by atoms with Gasteiger partial charge in [-0.25, -0.2) is 0 Å². The van der Waals surface area contributed by atoms with Crippen LogP contribution in [0.15, 0.2) is 0 Å². The molecule has 3 heteroatoms. The van der Waals surface area contributed by atoms with Crippen LogP contribution in [0, 0.1) is 0 Å². The van der Waals surface area contributed by atoms with E-state index in [-0.39, 0.29) is 12.4 Å². The molecule has 0 aromatic carbocycles. The monoisotopic (exact) mass is 163 g/mol. The summed E-state index contributed by atoms with van der Waals surface area (Å²) in [7, 11) is 0.